The van der Waals surface area contributed by atoms with E-state index < -0.39 is 0 Å². The van der Waals surface area contributed by atoms with Crippen LogP contribution in [0.5, 0.6) is 0 Å². The van der Waals surface area contributed by atoms with Gasteiger partial charge in [-0.25, -0.2) is 0 Å². The molecule has 0 radical (unpaired) electrons. The number of amides is 1. The molecule has 0 aromatic rings. The third-order valence-corrected chi connectivity index (χ3v) is 4.22. The van der Waals surface area contributed by atoms with Crippen molar-refractivity contribution in [1.82, 2.24) is 5.32 Å². The average Bonchev–Trinajstić information content (AvgIpc) is 2.36. The summed E-state index contributed by atoms with van der Waals surface area (Å²) >= 11 is 0. The number of carbonyl (C=O) groups is 1. The average molecular weight is 241 g/mol. The normalized spacial score (nSPS) is 25.6. The number of hydrogen-bond acceptors (Lipinski definition) is 3. The van der Waals surface area contributed by atoms with Gasteiger partial charge in [0.1, 0.15) is 0 Å². The lowest BCUT2D eigenvalue weighted by atomic mass is 9.84. The van der Waals surface area contributed by atoms with Crippen molar-refractivity contribution in [2.24, 2.45) is 17.4 Å². The molecule has 100 valence electrons. The summed E-state index contributed by atoms with van der Waals surface area (Å²) in [5.41, 5.74) is 11.5. The highest BCUT2D eigenvalue weighted by Crippen LogP contribution is 2.24. The molecule has 1 fully saturated rings. The Balaban J connectivity index is 2.57. The highest BCUT2D eigenvalue weighted by Gasteiger charge is 2.31. The fraction of sp³-hybridized carbons (Fsp3) is 0.923. The van der Waals surface area contributed by atoms with Crippen molar-refractivity contribution in [1.29, 1.82) is 0 Å². The number of hydrogen-bond donors (Lipinski definition) is 3. The van der Waals surface area contributed by atoms with Crippen LogP contribution in [-0.2, 0) is 4.79 Å². The maximum Gasteiger partial charge on any atom is 0.223 e. The van der Waals surface area contributed by atoms with Crippen molar-refractivity contribution >= 4 is 5.91 Å². The smallest absolute Gasteiger partial charge is 0.223 e. The van der Waals surface area contributed by atoms with E-state index >= 15 is 0 Å². The highest BCUT2D eigenvalue weighted by atomic mass is 16.2. The van der Waals surface area contributed by atoms with Gasteiger partial charge in [0.15, 0.2) is 0 Å². The molecule has 0 spiro atoms. The summed E-state index contributed by atoms with van der Waals surface area (Å²) in [6, 6.07) is 0.190. The first-order valence-corrected chi connectivity index (χ1v) is 6.84. The second kappa shape index (κ2) is 6.36. The van der Waals surface area contributed by atoms with E-state index in [0.717, 1.165) is 38.5 Å². The molecular weight excluding hydrogens is 214 g/mol. The van der Waals surface area contributed by atoms with E-state index in [1.165, 1.54) is 0 Å². The molecule has 0 saturated heterocycles. The van der Waals surface area contributed by atoms with Gasteiger partial charge in [0.05, 0.1) is 5.54 Å². The van der Waals surface area contributed by atoms with E-state index in [0.29, 0.717) is 6.54 Å². The van der Waals surface area contributed by atoms with Crippen LogP contribution in [0.1, 0.15) is 52.4 Å². The third-order valence-electron chi connectivity index (χ3n) is 4.22. The Hall–Kier alpha value is -0.610. The van der Waals surface area contributed by atoms with E-state index in [4.69, 9.17) is 11.5 Å². The van der Waals surface area contributed by atoms with Gasteiger partial charge in [-0.15, -0.1) is 0 Å². The molecule has 1 amide bonds. The molecule has 4 heteroatoms. The van der Waals surface area contributed by atoms with Crippen molar-refractivity contribution in [2.45, 2.75) is 64.0 Å². The van der Waals surface area contributed by atoms with Crippen LogP contribution in [0, 0.1) is 5.92 Å². The van der Waals surface area contributed by atoms with Gasteiger partial charge < -0.3 is 16.8 Å². The highest BCUT2D eigenvalue weighted by molar-refractivity contribution is 5.79. The van der Waals surface area contributed by atoms with E-state index in [9.17, 15) is 4.79 Å². The lowest BCUT2D eigenvalue weighted by Crippen LogP contribution is -2.55. The maximum atomic E-state index is 12.2. The molecule has 1 rings (SSSR count). The van der Waals surface area contributed by atoms with Crippen molar-refractivity contribution in [3.8, 4) is 0 Å². The lowest BCUT2D eigenvalue weighted by Gasteiger charge is -2.34. The van der Waals surface area contributed by atoms with Gasteiger partial charge in [-0.05, 0) is 32.1 Å². The van der Waals surface area contributed by atoms with Crippen LogP contribution in [0.25, 0.3) is 0 Å². The summed E-state index contributed by atoms with van der Waals surface area (Å²) in [5, 5.41) is 3.15. The van der Waals surface area contributed by atoms with Crippen LogP contribution in [-0.4, -0.2) is 24.0 Å². The van der Waals surface area contributed by atoms with Crippen LogP contribution in [0.2, 0.25) is 0 Å². The van der Waals surface area contributed by atoms with Crippen LogP contribution in [0.4, 0.5) is 0 Å². The molecule has 0 aromatic carbocycles. The molecule has 4 nitrogen and oxygen atoms in total. The van der Waals surface area contributed by atoms with E-state index in [2.05, 4.69) is 19.2 Å². The summed E-state index contributed by atoms with van der Waals surface area (Å²) < 4.78 is 0. The molecule has 0 heterocycles. The third kappa shape index (κ3) is 3.68. The lowest BCUT2D eigenvalue weighted by molar-refractivity contribution is -0.128. The summed E-state index contributed by atoms with van der Waals surface area (Å²) in [7, 11) is 0. The van der Waals surface area contributed by atoms with Crippen molar-refractivity contribution in [3.63, 3.8) is 0 Å². The summed E-state index contributed by atoms with van der Waals surface area (Å²) in [6.45, 7) is 4.65. The number of rotatable bonds is 5. The molecule has 5 N–H and O–H groups in total. The zero-order valence-electron chi connectivity index (χ0n) is 11.2. The van der Waals surface area contributed by atoms with Gasteiger partial charge >= 0.3 is 0 Å². The second-order valence-electron chi connectivity index (χ2n) is 5.30. The Morgan fingerprint density at radius 3 is 2.47 bits per heavy atom. The van der Waals surface area contributed by atoms with Gasteiger partial charge in [-0.3, -0.25) is 4.79 Å². The number of carbonyl (C=O) groups excluding carboxylic acids is 1. The Morgan fingerprint density at radius 2 is 2.00 bits per heavy atom. The molecule has 1 aliphatic rings. The topological polar surface area (TPSA) is 81.1 Å². The predicted octanol–water partition coefficient (Wildman–Crippen LogP) is 1.14. The number of nitrogens with two attached hydrogens (primary N) is 2. The van der Waals surface area contributed by atoms with E-state index in [1.807, 2.05) is 0 Å². The minimum absolute atomic E-state index is 0.0859. The zero-order valence-corrected chi connectivity index (χ0v) is 11.2. The summed E-state index contributed by atoms with van der Waals surface area (Å²) in [5.74, 6) is 0.233. The minimum Gasteiger partial charge on any atom is -0.349 e. The monoisotopic (exact) mass is 241 g/mol. The van der Waals surface area contributed by atoms with Gasteiger partial charge in [-0.2, -0.15) is 0 Å². The summed E-state index contributed by atoms with van der Waals surface area (Å²) in [4.78, 5) is 12.2. The Morgan fingerprint density at radius 1 is 1.35 bits per heavy atom. The molecule has 1 aliphatic carbocycles. The van der Waals surface area contributed by atoms with Gasteiger partial charge in [0.25, 0.3) is 0 Å². The Bertz CT molecular complexity index is 243. The quantitative estimate of drug-likeness (QED) is 0.675. The molecule has 17 heavy (non-hydrogen) atoms. The molecule has 0 bridgehead atoms. The molecule has 1 saturated carbocycles. The Labute approximate surface area is 105 Å². The van der Waals surface area contributed by atoms with E-state index in [-0.39, 0.29) is 23.4 Å². The molecule has 0 aromatic heterocycles. The predicted molar refractivity (Wildman–Crippen MR) is 70.4 cm³/mol. The van der Waals surface area contributed by atoms with Crippen molar-refractivity contribution in [2.75, 3.05) is 6.54 Å². The van der Waals surface area contributed by atoms with Crippen LogP contribution in [0.15, 0.2) is 0 Å². The fourth-order valence-corrected chi connectivity index (χ4v) is 2.60. The summed E-state index contributed by atoms with van der Waals surface area (Å²) in [6.07, 6.45) is 5.66. The van der Waals surface area contributed by atoms with Crippen LogP contribution >= 0.6 is 0 Å². The van der Waals surface area contributed by atoms with Gasteiger partial charge in [-0.1, -0.05) is 20.3 Å². The Kier molecular flexibility index (Phi) is 5.40. The van der Waals surface area contributed by atoms with Gasteiger partial charge in [0, 0.05) is 18.5 Å². The first kappa shape index (κ1) is 14.5. The largest absolute Gasteiger partial charge is 0.349 e. The van der Waals surface area contributed by atoms with Crippen molar-refractivity contribution < 1.29 is 4.79 Å². The van der Waals surface area contributed by atoms with Crippen LogP contribution in [0.3, 0.4) is 0 Å². The zero-order chi connectivity index (χ0) is 12.9. The standard InChI is InChI=1S/C13H27N3O/c1-3-13(4-2,9-14)16-12(17)10-6-5-7-11(15)8-10/h10-11H,3-9,14-15H2,1-2H3,(H,16,17). The first-order valence-electron chi connectivity index (χ1n) is 6.84. The molecule has 0 aliphatic heterocycles. The molecule has 2 atom stereocenters. The SMILES string of the molecule is CCC(CC)(CN)NC(=O)C1CCCC(N)C1. The molecule has 2 unspecified atom stereocenters. The van der Waals surface area contributed by atoms with Crippen LogP contribution < -0.4 is 16.8 Å². The fourth-order valence-electron chi connectivity index (χ4n) is 2.60. The van der Waals surface area contributed by atoms with Crippen molar-refractivity contribution in [3.05, 3.63) is 0 Å². The first-order chi connectivity index (χ1) is 8.06. The van der Waals surface area contributed by atoms with E-state index in [1.54, 1.807) is 0 Å². The second-order valence-corrected chi connectivity index (χ2v) is 5.30. The maximum absolute atomic E-state index is 12.2. The minimum atomic E-state index is -0.224. The number of nitrogens with one attached hydrogen (secondary N) is 1. The molecular formula is C13H27N3O. The van der Waals surface area contributed by atoms with Gasteiger partial charge in [0.2, 0.25) is 5.91 Å².